The van der Waals surface area contributed by atoms with Gasteiger partial charge in [0.05, 0.1) is 0 Å². The zero-order valence-corrected chi connectivity index (χ0v) is 14.1. The number of benzene rings is 1. The minimum atomic E-state index is -0.168. The molecule has 3 heteroatoms. The Balaban J connectivity index is 2.14. The van der Waals surface area contributed by atoms with E-state index in [-0.39, 0.29) is 5.82 Å². The Bertz CT molecular complexity index is 439. The molecule has 1 N–H and O–H groups in total. The summed E-state index contributed by atoms with van der Waals surface area (Å²) in [4.78, 5) is 0. The summed E-state index contributed by atoms with van der Waals surface area (Å²) < 4.78 is 14.1. The fourth-order valence-corrected chi connectivity index (χ4v) is 3.70. The molecule has 1 fully saturated rings. The van der Waals surface area contributed by atoms with Crippen LogP contribution >= 0.6 is 15.9 Å². The first-order valence-electron chi connectivity index (χ1n) is 7.68. The van der Waals surface area contributed by atoms with Gasteiger partial charge in [0, 0.05) is 17.1 Å². The van der Waals surface area contributed by atoms with Crippen molar-refractivity contribution in [2.45, 2.75) is 58.4 Å². The molecule has 1 aliphatic rings. The molecule has 0 saturated heterocycles. The Morgan fingerprint density at radius 3 is 2.55 bits per heavy atom. The van der Waals surface area contributed by atoms with Crippen molar-refractivity contribution in [3.05, 3.63) is 34.1 Å². The van der Waals surface area contributed by atoms with Crippen LogP contribution in [-0.4, -0.2) is 12.6 Å². The van der Waals surface area contributed by atoms with Crippen LogP contribution in [0.1, 0.15) is 51.5 Å². The second-order valence-corrected chi connectivity index (χ2v) is 7.36. The zero-order valence-electron chi connectivity index (χ0n) is 12.5. The fourth-order valence-electron chi connectivity index (χ4n) is 3.21. The fraction of sp³-hybridized carbons (Fsp3) is 0.647. The first-order valence-corrected chi connectivity index (χ1v) is 8.47. The summed E-state index contributed by atoms with van der Waals surface area (Å²) in [5.74, 6) is -0.168. The lowest BCUT2D eigenvalue weighted by atomic mass is 9.70. The number of halogens is 2. The predicted molar refractivity (Wildman–Crippen MR) is 86.5 cm³/mol. The lowest BCUT2D eigenvalue weighted by molar-refractivity contribution is 0.176. The van der Waals surface area contributed by atoms with Crippen molar-refractivity contribution in [2.75, 3.05) is 6.54 Å². The standard InChI is InChI=1S/C17H25BrFN/c1-13(2)20-12-17(8-4-3-5-9-17)11-14-6-7-15(19)10-16(14)18/h6-7,10,13,20H,3-5,8-9,11-12H2,1-2H3. The highest BCUT2D eigenvalue weighted by atomic mass is 79.9. The lowest BCUT2D eigenvalue weighted by Gasteiger charge is -2.38. The van der Waals surface area contributed by atoms with Gasteiger partial charge in [0.25, 0.3) is 0 Å². The highest BCUT2D eigenvalue weighted by molar-refractivity contribution is 9.10. The van der Waals surface area contributed by atoms with Crippen LogP contribution in [0.15, 0.2) is 22.7 Å². The van der Waals surface area contributed by atoms with Crippen molar-refractivity contribution in [3.63, 3.8) is 0 Å². The van der Waals surface area contributed by atoms with E-state index >= 15 is 0 Å². The van der Waals surface area contributed by atoms with Gasteiger partial charge in [0.15, 0.2) is 0 Å². The molecule has 0 bridgehead atoms. The quantitative estimate of drug-likeness (QED) is 0.787. The van der Waals surface area contributed by atoms with Crippen molar-refractivity contribution in [2.24, 2.45) is 5.41 Å². The van der Waals surface area contributed by atoms with Gasteiger partial charge in [0.2, 0.25) is 0 Å². The van der Waals surface area contributed by atoms with E-state index in [0.29, 0.717) is 11.5 Å². The smallest absolute Gasteiger partial charge is 0.124 e. The SMILES string of the molecule is CC(C)NCC1(Cc2ccc(F)cc2Br)CCCCC1. The third-order valence-corrected chi connectivity index (χ3v) is 5.12. The first-order chi connectivity index (χ1) is 9.51. The summed E-state index contributed by atoms with van der Waals surface area (Å²) in [5.41, 5.74) is 1.57. The molecule has 0 radical (unpaired) electrons. The Morgan fingerprint density at radius 1 is 1.25 bits per heavy atom. The summed E-state index contributed by atoms with van der Waals surface area (Å²) in [7, 11) is 0. The molecule has 0 amide bonds. The van der Waals surface area contributed by atoms with Gasteiger partial charge >= 0.3 is 0 Å². The molecule has 0 unspecified atom stereocenters. The summed E-state index contributed by atoms with van der Waals surface area (Å²) >= 11 is 3.52. The van der Waals surface area contributed by atoms with Crippen molar-refractivity contribution in [3.8, 4) is 0 Å². The molecule has 1 aliphatic carbocycles. The average Bonchev–Trinajstić information content (AvgIpc) is 2.41. The molecule has 0 heterocycles. The maximum atomic E-state index is 13.2. The predicted octanol–water partition coefficient (Wildman–Crippen LogP) is 5.08. The molecule has 0 aromatic heterocycles. The van der Waals surface area contributed by atoms with Gasteiger partial charge in [0.1, 0.15) is 5.82 Å². The molecule has 1 aromatic carbocycles. The van der Waals surface area contributed by atoms with E-state index in [1.54, 1.807) is 12.1 Å². The number of hydrogen-bond acceptors (Lipinski definition) is 1. The highest BCUT2D eigenvalue weighted by Crippen LogP contribution is 2.40. The van der Waals surface area contributed by atoms with Crippen LogP contribution in [0.2, 0.25) is 0 Å². The maximum absolute atomic E-state index is 13.2. The summed E-state index contributed by atoms with van der Waals surface area (Å²) in [5, 5.41) is 3.62. The van der Waals surface area contributed by atoms with Crippen molar-refractivity contribution < 1.29 is 4.39 Å². The molecule has 0 spiro atoms. The van der Waals surface area contributed by atoms with Gasteiger partial charge in [-0.1, -0.05) is 55.1 Å². The Hall–Kier alpha value is -0.410. The molecule has 0 aliphatic heterocycles. The van der Waals surface area contributed by atoms with Crippen molar-refractivity contribution in [1.82, 2.24) is 5.32 Å². The Labute approximate surface area is 130 Å². The second-order valence-electron chi connectivity index (χ2n) is 6.51. The van der Waals surface area contributed by atoms with Crippen LogP contribution in [0.5, 0.6) is 0 Å². The molecule has 1 aromatic rings. The first kappa shape index (κ1) is 16.0. The number of nitrogens with one attached hydrogen (secondary N) is 1. The summed E-state index contributed by atoms with van der Waals surface area (Å²) in [6.07, 6.45) is 7.58. The third-order valence-electron chi connectivity index (χ3n) is 4.38. The molecular formula is C17H25BrFN. The van der Waals surface area contributed by atoms with Crippen molar-refractivity contribution >= 4 is 15.9 Å². The molecule has 1 nitrogen and oxygen atoms in total. The minimum Gasteiger partial charge on any atom is -0.314 e. The third kappa shape index (κ3) is 4.29. The average molecular weight is 342 g/mol. The van der Waals surface area contributed by atoms with E-state index in [1.165, 1.54) is 37.7 Å². The largest absolute Gasteiger partial charge is 0.314 e. The van der Waals surface area contributed by atoms with E-state index in [4.69, 9.17) is 0 Å². The molecule has 20 heavy (non-hydrogen) atoms. The van der Waals surface area contributed by atoms with Gasteiger partial charge in [-0.15, -0.1) is 0 Å². The molecule has 1 saturated carbocycles. The molecule has 112 valence electrons. The lowest BCUT2D eigenvalue weighted by Crippen LogP contribution is -2.40. The minimum absolute atomic E-state index is 0.168. The van der Waals surface area contributed by atoms with E-state index in [9.17, 15) is 4.39 Å². The Morgan fingerprint density at radius 2 is 1.95 bits per heavy atom. The number of rotatable bonds is 5. The van der Waals surface area contributed by atoms with Crippen LogP contribution in [0.4, 0.5) is 4.39 Å². The van der Waals surface area contributed by atoms with Gasteiger partial charge in [-0.3, -0.25) is 0 Å². The highest BCUT2D eigenvalue weighted by Gasteiger charge is 2.32. The summed E-state index contributed by atoms with van der Waals surface area (Å²) in [6.45, 7) is 5.46. The Kier molecular flexibility index (Phi) is 5.62. The topological polar surface area (TPSA) is 12.0 Å². The molecular weight excluding hydrogens is 317 g/mol. The van der Waals surface area contributed by atoms with Gasteiger partial charge in [-0.05, 0) is 42.4 Å². The van der Waals surface area contributed by atoms with Gasteiger partial charge < -0.3 is 5.32 Å². The van der Waals surface area contributed by atoms with E-state index in [2.05, 4.69) is 35.1 Å². The molecule has 0 atom stereocenters. The number of hydrogen-bond donors (Lipinski definition) is 1. The van der Waals surface area contributed by atoms with E-state index in [0.717, 1.165) is 17.4 Å². The summed E-state index contributed by atoms with van der Waals surface area (Å²) in [6, 6.07) is 5.62. The van der Waals surface area contributed by atoms with E-state index in [1.807, 2.05) is 6.07 Å². The van der Waals surface area contributed by atoms with Crippen LogP contribution in [-0.2, 0) is 6.42 Å². The zero-order chi connectivity index (χ0) is 14.6. The second kappa shape index (κ2) is 7.04. The maximum Gasteiger partial charge on any atom is 0.124 e. The van der Waals surface area contributed by atoms with Crippen LogP contribution in [0.3, 0.4) is 0 Å². The van der Waals surface area contributed by atoms with Gasteiger partial charge in [-0.25, -0.2) is 4.39 Å². The molecule has 2 rings (SSSR count). The van der Waals surface area contributed by atoms with Gasteiger partial charge in [-0.2, -0.15) is 0 Å². The van der Waals surface area contributed by atoms with Crippen LogP contribution in [0.25, 0.3) is 0 Å². The van der Waals surface area contributed by atoms with Crippen LogP contribution < -0.4 is 5.32 Å². The van der Waals surface area contributed by atoms with E-state index < -0.39 is 0 Å². The normalized spacial score (nSPS) is 18.4. The van der Waals surface area contributed by atoms with Crippen LogP contribution in [0, 0.1) is 11.2 Å². The monoisotopic (exact) mass is 341 g/mol. The van der Waals surface area contributed by atoms with Crippen molar-refractivity contribution in [1.29, 1.82) is 0 Å².